The highest BCUT2D eigenvalue weighted by atomic mass is 16.5. The summed E-state index contributed by atoms with van der Waals surface area (Å²) in [5.74, 6) is 0. The summed E-state index contributed by atoms with van der Waals surface area (Å²) < 4.78 is 5.05. The van der Waals surface area contributed by atoms with Gasteiger partial charge in [-0.3, -0.25) is 0 Å². The Labute approximate surface area is 69.5 Å². The maximum Gasteiger partial charge on any atom is 0.0614 e. The molecular weight excluding hydrogens is 142 g/mol. The second kappa shape index (κ2) is 12.5. The van der Waals surface area contributed by atoms with E-state index in [9.17, 15) is 0 Å². The van der Waals surface area contributed by atoms with E-state index in [1.165, 1.54) is 0 Å². The monoisotopic (exact) mass is 163 g/mol. The van der Waals surface area contributed by atoms with Crippen molar-refractivity contribution in [2.45, 2.75) is 33.2 Å². The molecule has 0 aliphatic carbocycles. The first kappa shape index (κ1) is 13.5. The van der Waals surface area contributed by atoms with E-state index in [-0.39, 0.29) is 12.6 Å². The molecule has 0 fully saturated rings. The van der Waals surface area contributed by atoms with Gasteiger partial charge < -0.3 is 15.6 Å². The minimum atomic E-state index is 0.101. The van der Waals surface area contributed by atoms with Crippen LogP contribution in [0.5, 0.6) is 0 Å². The van der Waals surface area contributed by atoms with E-state index < -0.39 is 0 Å². The molecule has 70 valence electrons. The Bertz CT molecular complexity index is 58.1. The van der Waals surface area contributed by atoms with Gasteiger partial charge in [-0.15, -0.1) is 0 Å². The molecule has 0 amide bonds. The summed E-state index contributed by atoms with van der Waals surface area (Å²) in [7, 11) is 0. The van der Waals surface area contributed by atoms with Crippen LogP contribution in [0.4, 0.5) is 0 Å². The van der Waals surface area contributed by atoms with Gasteiger partial charge in [0.2, 0.25) is 0 Å². The van der Waals surface area contributed by atoms with Gasteiger partial charge >= 0.3 is 0 Å². The molecule has 0 aliphatic rings. The van der Waals surface area contributed by atoms with E-state index in [2.05, 4.69) is 0 Å². The topological polar surface area (TPSA) is 55.5 Å². The lowest BCUT2D eigenvalue weighted by Crippen LogP contribution is -2.22. The highest BCUT2D eigenvalue weighted by Gasteiger charge is 1.91. The fraction of sp³-hybridized carbons (Fsp3) is 1.00. The highest BCUT2D eigenvalue weighted by Crippen LogP contribution is 1.82. The van der Waals surface area contributed by atoms with Crippen molar-refractivity contribution in [2.24, 2.45) is 5.73 Å². The summed E-state index contributed by atoms with van der Waals surface area (Å²) in [4.78, 5) is 0. The molecule has 3 nitrogen and oxygen atoms in total. The molecule has 1 atom stereocenters. The molecule has 0 bridgehead atoms. The van der Waals surface area contributed by atoms with Gasteiger partial charge in [0.05, 0.1) is 6.61 Å². The summed E-state index contributed by atoms with van der Waals surface area (Å²) in [5.41, 5.74) is 5.39. The zero-order chi connectivity index (χ0) is 9.11. The Morgan fingerprint density at radius 2 is 2.00 bits per heavy atom. The minimum Gasteiger partial charge on any atom is -0.396 e. The fourth-order valence-electron chi connectivity index (χ4n) is 0.436. The van der Waals surface area contributed by atoms with E-state index in [1.807, 2.05) is 20.8 Å². The molecule has 0 saturated carbocycles. The van der Waals surface area contributed by atoms with Gasteiger partial charge in [-0.25, -0.2) is 0 Å². The van der Waals surface area contributed by atoms with Crippen LogP contribution in [0, 0.1) is 0 Å². The van der Waals surface area contributed by atoms with Gasteiger partial charge in [-0.1, -0.05) is 13.8 Å². The molecule has 3 heteroatoms. The zero-order valence-corrected chi connectivity index (χ0v) is 7.84. The standard InChI is InChI=1S/C6H15NO2.C2H6/c1-6(7)5-9-4-2-3-8;1-2/h6,8H,2-5,7H2,1H3;1-2H3. The minimum absolute atomic E-state index is 0.101. The Morgan fingerprint density at radius 1 is 1.45 bits per heavy atom. The largest absolute Gasteiger partial charge is 0.396 e. The summed E-state index contributed by atoms with van der Waals surface area (Å²) in [6, 6.07) is 0.101. The van der Waals surface area contributed by atoms with Crippen molar-refractivity contribution in [3.05, 3.63) is 0 Å². The average Bonchev–Trinajstić information content (AvgIpc) is 2.02. The third-order valence-electron chi connectivity index (χ3n) is 0.828. The molecule has 0 aromatic heterocycles. The van der Waals surface area contributed by atoms with Gasteiger partial charge in [0.25, 0.3) is 0 Å². The van der Waals surface area contributed by atoms with Crippen LogP contribution in [-0.4, -0.2) is 31.0 Å². The van der Waals surface area contributed by atoms with Crippen LogP contribution < -0.4 is 5.73 Å². The number of hydrogen-bond donors (Lipinski definition) is 2. The van der Waals surface area contributed by atoms with E-state index >= 15 is 0 Å². The smallest absolute Gasteiger partial charge is 0.0614 e. The van der Waals surface area contributed by atoms with Crippen molar-refractivity contribution in [3.63, 3.8) is 0 Å². The number of rotatable bonds is 5. The van der Waals surface area contributed by atoms with Crippen LogP contribution in [0.25, 0.3) is 0 Å². The summed E-state index contributed by atoms with van der Waals surface area (Å²) >= 11 is 0. The first-order chi connectivity index (χ1) is 5.27. The SMILES string of the molecule is CC.CC(N)COCCCO. The molecule has 0 heterocycles. The van der Waals surface area contributed by atoms with Crippen molar-refractivity contribution in [2.75, 3.05) is 19.8 Å². The van der Waals surface area contributed by atoms with Crippen LogP contribution in [0.1, 0.15) is 27.2 Å². The average molecular weight is 163 g/mol. The van der Waals surface area contributed by atoms with Gasteiger partial charge in [0.15, 0.2) is 0 Å². The normalized spacial score (nSPS) is 11.7. The Morgan fingerprint density at radius 3 is 2.36 bits per heavy atom. The van der Waals surface area contributed by atoms with Gasteiger partial charge in [-0.2, -0.15) is 0 Å². The third kappa shape index (κ3) is 17.7. The molecule has 0 spiro atoms. The second-order valence-corrected chi connectivity index (χ2v) is 2.13. The van der Waals surface area contributed by atoms with Gasteiger partial charge in [0.1, 0.15) is 0 Å². The van der Waals surface area contributed by atoms with E-state index in [4.69, 9.17) is 15.6 Å². The lowest BCUT2D eigenvalue weighted by molar-refractivity contribution is 0.108. The van der Waals surface area contributed by atoms with Crippen molar-refractivity contribution in [1.29, 1.82) is 0 Å². The molecule has 0 aromatic carbocycles. The number of hydrogen-bond acceptors (Lipinski definition) is 3. The molecule has 1 unspecified atom stereocenters. The first-order valence-corrected chi connectivity index (χ1v) is 4.21. The summed E-state index contributed by atoms with van der Waals surface area (Å²) in [6.07, 6.45) is 0.701. The molecule has 3 N–H and O–H groups in total. The quantitative estimate of drug-likeness (QED) is 0.588. The predicted molar refractivity (Wildman–Crippen MR) is 47.5 cm³/mol. The van der Waals surface area contributed by atoms with E-state index in [0.29, 0.717) is 19.6 Å². The molecule has 0 radical (unpaired) electrons. The van der Waals surface area contributed by atoms with Crippen LogP contribution in [0.2, 0.25) is 0 Å². The Balaban J connectivity index is 0. The third-order valence-corrected chi connectivity index (χ3v) is 0.828. The van der Waals surface area contributed by atoms with Crippen LogP contribution in [0.3, 0.4) is 0 Å². The lowest BCUT2D eigenvalue weighted by atomic mass is 10.4. The second-order valence-electron chi connectivity index (χ2n) is 2.13. The van der Waals surface area contributed by atoms with Gasteiger partial charge in [0, 0.05) is 19.3 Å². The Kier molecular flexibility index (Phi) is 15.4. The van der Waals surface area contributed by atoms with Crippen molar-refractivity contribution in [3.8, 4) is 0 Å². The first-order valence-electron chi connectivity index (χ1n) is 4.21. The summed E-state index contributed by atoms with van der Waals surface area (Å²) in [5, 5.41) is 8.32. The van der Waals surface area contributed by atoms with E-state index in [1.54, 1.807) is 0 Å². The Hall–Kier alpha value is -0.120. The molecular formula is C8H21NO2. The maximum atomic E-state index is 8.32. The molecule has 0 saturated heterocycles. The van der Waals surface area contributed by atoms with Crippen molar-refractivity contribution >= 4 is 0 Å². The van der Waals surface area contributed by atoms with Gasteiger partial charge in [-0.05, 0) is 13.3 Å². The highest BCUT2D eigenvalue weighted by molar-refractivity contribution is 4.47. The molecule has 0 rings (SSSR count). The number of ether oxygens (including phenoxy) is 1. The van der Waals surface area contributed by atoms with Crippen LogP contribution >= 0.6 is 0 Å². The zero-order valence-electron chi connectivity index (χ0n) is 7.84. The lowest BCUT2D eigenvalue weighted by Gasteiger charge is -2.04. The van der Waals surface area contributed by atoms with Crippen LogP contribution in [-0.2, 0) is 4.74 Å². The van der Waals surface area contributed by atoms with Crippen LogP contribution in [0.15, 0.2) is 0 Å². The number of aliphatic hydroxyl groups excluding tert-OH is 1. The summed E-state index contributed by atoms with van der Waals surface area (Å²) in [6.45, 7) is 7.27. The van der Waals surface area contributed by atoms with Crippen molar-refractivity contribution < 1.29 is 9.84 Å². The fourth-order valence-corrected chi connectivity index (χ4v) is 0.436. The number of nitrogens with two attached hydrogens (primary N) is 1. The molecule has 0 aliphatic heterocycles. The number of aliphatic hydroxyl groups is 1. The maximum absolute atomic E-state index is 8.32. The molecule has 11 heavy (non-hydrogen) atoms. The molecule has 0 aromatic rings. The van der Waals surface area contributed by atoms with Crippen molar-refractivity contribution in [1.82, 2.24) is 0 Å². The van der Waals surface area contributed by atoms with E-state index in [0.717, 1.165) is 0 Å². The predicted octanol–water partition coefficient (Wildman–Crippen LogP) is 0.759.